The molecule has 0 aliphatic heterocycles. The zero-order valence-corrected chi connectivity index (χ0v) is 14.6. The first-order chi connectivity index (χ1) is 11.1. The van der Waals surface area contributed by atoms with Crippen LogP contribution in [0, 0.1) is 0 Å². The van der Waals surface area contributed by atoms with Gasteiger partial charge in [0.2, 0.25) is 11.0 Å². The van der Waals surface area contributed by atoms with Crippen molar-refractivity contribution >= 4 is 45.6 Å². The summed E-state index contributed by atoms with van der Waals surface area (Å²) in [7, 11) is 1.80. The van der Waals surface area contributed by atoms with Gasteiger partial charge in [-0.25, -0.2) is 0 Å². The van der Waals surface area contributed by atoms with Gasteiger partial charge in [-0.1, -0.05) is 35.2 Å². The number of nitrogens with zero attached hydrogens (tertiary/aromatic N) is 2. The third-order valence-electron chi connectivity index (χ3n) is 2.97. The summed E-state index contributed by atoms with van der Waals surface area (Å²) in [6.07, 6.45) is 1.13. The lowest BCUT2D eigenvalue weighted by molar-refractivity contribution is -0.116. The van der Waals surface area contributed by atoms with Crippen LogP contribution in [-0.2, 0) is 4.79 Å². The summed E-state index contributed by atoms with van der Waals surface area (Å²) in [6.45, 7) is 1.49. The molecule has 23 heavy (non-hydrogen) atoms. The Morgan fingerprint density at radius 3 is 2.74 bits per heavy atom. The first-order valence-electron chi connectivity index (χ1n) is 7.14. The molecule has 2 rings (SSSR count). The van der Waals surface area contributed by atoms with E-state index in [2.05, 4.69) is 20.8 Å². The summed E-state index contributed by atoms with van der Waals surface area (Å²) in [5.41, 5.74) is 1.10. The van der Waals surface area contributed by atoms with Gasteiger partial charge in [0, 0.05) is 24.8 Å². The van der Waals surface area contributed by atoms with Crippen molar-refractivity contribution in [2.75, 3.05) is 23.4 Å². The van der Waals surface area contributed by atoms with E-state index >= 15 is 0 Å². The zero-order valence-electron chi connectivity index (χ0n) is 13.0. The number of ketones is 1. The molecule has 0 saturated carbocycles. The lowest BCUT2D eigenvalue weighted by Crippen LogP contribution is -2.13. The maximum atomic E-state index is 12.0. The SMILES string of the molecule is CNc1nnc(SCCCC(=O)Nc2ccccc2C(C)=O)s1. The quantitative estimate of drug-likeness (QED) is 0.432. The molecule has 0 saturated heterocycles. The number of benzene rings is 1. The second-order valence-electron chi connectivity index (χ2n) is 4.73. The van der Waals surface area contributed by atoms with E-state index in [0.717, 1.165) is 21.6 Å². The number of amides is 1. The normalized spacial score (nSPS) is 10.3. The second kappa shape index (κ2) is 8.64. The standard InChI is InChI=1S/C15H18N4O2S2/c1-10(20)11-6-3-4-7-12(11)17-13(21)8-5-9-22-15-19-18-14(16-2)23-15/h3-4,6-7H,5,8-9H2,1-2H3,(H,16,18)(H,17,21). The Morgan fingerprint density at radius 1 is 1.26 bits per heavy atom. The van der Waals surface area contributed by atoms with Crippen molar-refractivity contribution in [1.82, 2.24) is 10.2 Å². The van der Waals surface area contributed by atoms with Gasteiger partial charge in [-0.2, -0.15) is 0 Å². The highest BCUT2D eigenvalue weighted by molar-refractivity contribution is 8.01. The van der Waals surface area contributed by atoms with Crippen molar-refractivity contribution in [3.05, 3.63) is 29.8 Å². The molecule has 0 atom stereocenters. The van der Waals surface area contributed by atoms with Crippen LogP contribution in [0.15, 0.2) is 28.6 Å². The first kappa shape index (κ1) is 17.4. The number of carbonyl (C=O) groups excluding carboxylic acids is 2. The van der Waals surface area contributed by atoms with Gasteiger partial charge in [-0.05, 0) is 25.5 Å². The highest BCUT2D eigenvalue weighted by atomic mass is 32.2. The third kappa shape index (κ3) is 5.33. The molecule has 1 amide bonds. The lowest BCUT2D eigenvalue weighted by Gasteiger charge is -2.08. The van der Waals surface area contributed by atoms with E-state index in [1.807, 2.05) is 0 Å². The van der Waals surface area contributed by atoms with Crippen LogP contribution in [-0.4, -0.2) is 34.7 Å². The molecule has 1 aromatic carbocycles. The van der Waals surface area contributed by atoms with E-state index in [4.69, 9.17) is 0 Å². The van der Waals surface area contributed by atoms with Gasteiger partial charge in [-0.15, -0.1) is 10.2 Å². The van der Waals surface area contributed by atoms with E-state index in [-0.39, 0.29) is 11.7 Å². The van der Waals surface area contributed by atoms with Crippen molar-refractivity contribution in [1.29, 1.82) is 0 Å². The van der Waals surface area contributed by atoms with Gasteiger partial charge in [0.1, 0.15) is 0 Å². The average molecular weight is 350 g/mol. The van der Waals surface area contributed by atoms with Crippen molar-refractivity contribution in [3.63, 3.8) is 0 Å². The number of hydrogen-bond acceptors (Lipinski definition) is 7. The fourth-order valence-electron chi connectivity index (χ4n) is 1.87. The van der Waals surface area contributed by atoms with Crippen LogP contribution >= 0.6 is 23.1 Å². The Labute approximate surface area is 143 Å². The van der Waals surface area contributed by atoms with Crippen LogP contribution in [0.1, 0.15) is 30.1 Å². The number of nitrogens with one attached hydrogen (secondary N) is 2. The molecule has 0 fully saturated rings. The van der Waals surface area contributed by atoms with Crippen LogP contribution in [0.3, 0.4) is 0 Å². The minimum absolute atomic E-state index is 0.0620. The summed E-state index contributed by atoms with van der Waals surface area (Å²) < 4.78 is 0.886. The van der Waals surface area contributed by atoms with Gasteiger partial charge in [0.05, 0.1) is 5.69 Å². The molecule has 2 N–H and O–H groups in total. The summed E-state index contributed by atoms with van der Waals surface area (Å²) in [4.78, 5) is 23.5. The number of para-hydroxylation sites is 1. The van der Waals surface area contributed by atoms with Gasteiger partial charge in [-0.3, -0.25) is 9.59 Å². The largest absolute Gasteiger partial charge is 0.363 e. The van der Waals surface area contributed by atoms with E-state index in [9.17, 15) is 9.59 Å². The van der Waals surface area contributed by atoms with Crippen molar-refractivity contribution in [2.24, 2.45) is 0 Å². The molecule has 0 aliphatic carbocycles. The zero-order chi connectivity index (χ0) is 16.7. The molecule has 0 radical (unpaired) electrons. The molecule has 0 aliphatic rings. The molecular formula is C15H18N4O2S2. The van der Waals surface area contributed by atoms with Gasteiger partial charge < -0.3 is 10.6 Å². The Kier molecular flexibility index (Phi) is 6.54. The Balaban J connectivity index is 1.76. The Morgan fingerprint density at radius 2 is 2.04 bits per heavy atom. The summed E-state index contributed by atoms with van der Waals surface area (Å²) in [5, 5.41) is 14.5. The number of hydrogen-bond donors (Lipinski definition) is 2. The van der Waals surface area contributed by atoms with Crippen LogP contribution in [0.5, 0.6) is 0 Å². The number of thioether (sulfide) groups is 1. The number of rotatable bonds is 8. The smallest absolute Gasteiger partial charge is 0.224 e. The Hall–Kier alpha value is -1.93. The van der Waals surface area contributed by atoms with E-state index in [0.29, 0.717) is 17.7 Å². The molecule has 6 nitrogen and oxygen atoms in total. The van der Waals surface area contributed by atoms with Crippen LogP contribution in [0.25, 0.3) is 0 Å². The Bertz CT molecular complexity index is 688. The van der Waals surface area contributed by atoms with Crippen molar-refractivity contribution in [3.8, 4) is 0 Å². The molecule has 0 unspecified atom stereocenters. The maximum absolute atomic E-state index is 12.0. The van der Waals surface area contributed by atoms with Crippen molar-refractivity contribution < 1.29 is 9.59 Å². The summed E-state index contributed by atoms with van der Waals surface area (Å²) in [6, 6.07) is 7.03. The number of aromatic nitrogens is 2. The fourth-order valence-corrected chi connectivity index (χ4v) is 3.59. The maximum Gasteiger partial charge on any atom is 0.224 e. The van der Waals surface area contributed by atoms with E-state index < -0.39 is 0 Å². The fraction of sp³-hybridized carbons (Fsp3) is 0.333. The predicted molar refractivity (Wildman–Crippen MR) is 94.5 cm³/mol. The average Bonchev–Trinajstić information content (AvgIpc) is 3.00. The first-order valence-corrected chi connectivity index (χ1v) is 8.94. The second-order valence-corrected chi connectivity index (χ2v) is 7.04. The molecule has 8 heteroatoms. The number of Topliss-reactive ketones (excluding diaryl/α,β-unsaturated/α-hetero) is 1. The van der Waals surface area contributed by atoms with E-state index in [1.165, 1.54) is 18.3 Å². The third-order valence-corrected chi connectivity index (χ3v) is 5.13. The topological polar surface area (TPSA) is 84.0 Å². The molecule has 0 spiro atoms. The van der Waals surface area contributed by atoms with Gasteiger partial charge in [0.15, 0.2) is 10.1 Å². The molecule has 0 bridgehead atoms. The summed E-state index contributed by atoms with van der Waals surface area (Å²) in [5.74, 6) is 0.640. The molecule has 122 valence electrons. The molecule has 2 aromatic rings. The molecule has 1 aromatic heterocycles. The van der Waals surface area contributed by atoms with E-state index in [1.54, 1.807) is 43.1 Å². The van der Waals surface area contributed by atoms with Crippen LogP contribution in [0.4, 0.5) is 10.8 Å². The molecule has 1 heterocycles. The number of carbonyl (C=O) groups is 2. The molecular weight excluding hydrogens is 332 g/mol. The van der Waals surface area contributed by atoms with Crippen molar-refractivity contribution in [2.45, 2.75) is 24.1 Å². The monoisotopic (exact) mass is 350 g/mol. The highest BCUT2D eigenvalue weighted by Gasteiger charge is 2.10. The number of anilines is 2. The predicted octanol–water partition coefficient (Wildman–Crippen LogP) is 3.29. The van der Waals surface area contributed by atoms with Crippen LogP contribution in [0.2, 0.25) is 0 Å². The highest BCUT2D eigenvalue weighted by Crippen LogP contribution is 2.25. The lowest BCUT2D eigenvalue weighted by atomic mass is 10.1. The van der Waals surface area contributed by atoms with Crippen LogP contribution < -0.4 is 10.6 Å². The minimum atomic E-state index is -0.0903. The van der Waals surface area contributed by atoms with Gasteiger partial charge >= 0.3 is 0 Å². The summed E-state index contributed by atoms with van der Waals surface area (Å²) >= 11 is 3.07. The minimum Gasteiger partial charge on any atom is -0.363 e. The van der Waals surface area contributed by atoms with Gasteiger partial charge in [0.25, 0.3) is 0 Å².